The normalized spacial score (nSPS) is 11.7. The van der Waals surface area contributed by atoms with E-state index in [9.17, 15) is 9.59 Å². The van der Waals surface area contributed by atoms with Gasteiger partial charge in [-0.3, -0.25) is 10.1 Å². The van der Waals surface area contributed by atoms with Crippen molar-refractivity contribution >= 4 is 23.5 Å². The predicted octanol–water partition coefficient (Wildman–Crippen LogP) is 2.61. The summed E-state index contributed by atoms with van der Waals surface area (Å²) in [6.07, 6.45) is 1.51. The van der Waals surface area contributed by atoms with Gasteiger partial charge in [-0.25, -0.2) is 4.79 Å². The number of urea groups is 1. The van der Waals surface area contributed by atoms with Gasteiger partial charge in [0, 0.05) is 11.1 Å². The van der Waals surface area contributed by atoms with E-state index in [0.29, 0.717) is 10.8 Å². The van der Waals surface area contributed by atoms with Gasteiger partial charge in [-0.2, -0.15) is 0 Å². The Kier molecular flexibility index (Phi) is 6.19. The minimum absolute atomic E-state index is 0.000557. The fourth-order valence-corrected chi connectivity index (χ4v) is 2.28. The number of nitrogens with one attached hydrogen (secondary N) is 3. The molecule has 0 spiro atoms. The van der Waals surface area contributed by atoms with Gasteiger partial charge in [0.1, 0.15) is 5.76 Å². The van der Waals surface area contributed by atoms with Crippen LogP contribution in [0.15, 0.2) is 47.1 Å². The van der Waals surface area contributed by atoms with Crippen molar-refractivity contribution < 1.29 is 14.0 Å². The molecule has 0 aliphatic heterocycles. The fourth-order valence-electron chi connectivity index (χ4n) is 1.98. The van der Waals surface area contributed by atoms with Crippen LogP contribution in [0.2, 0.25) is 5.02 Å². The van der Waals surface area contributed by atoms with E-state index >= 15 is 0 Å². The van der Waals surface area contributed by atoms with E-state index in [0.717, 1.165) is 5.56 Å². The van der Waals surface area contributed by atoms with Crippen molar-refractivity contribution in [2.45, 2.75) is 19.5 Å². The molecule has 1 atom stereocenters. The first-order chi connectivity index (χ1) is 11.1. The lowest BCUT2D eigenvalue weighted by atomic mass is 10.1. The number of amides is 3. The van der Waals surface area contributed by atoms with E-state index in [-0.39, 0.29) is 19.1 Å². The molecule has 0 radical (unpaired) electrons. The van der Waals surface area contributed by atoms with Crippen molar-refractivity contribution in [1.82, 2.24) is 16.0 Å². The predicted molar refractivity (Wildman–Crippen MR) is 87.0 cm³/mol. The second-order valence-corrected chi connectivity index (χ2v) is 5.34. The van der Waals surface area contributed by atoms with E-state index < -0.39 is 11.9 Å². The third-order valence-corrected chi connectivity index (χ3v) is 3.54. The zero-order valence-corrected chi connectivity index (χ0v) is 13.4. The largest absolute Gasteiger partial charge is 0.467 e. The van der Waals surface area contributed by atoms with Gasteiger partial charge in [0.25, 0.3) is 0 Å². The molecule has 0 saturated carbocycles. The zero-order chi connectivity index (χ0) is 16.7. The molecule has 3 N–H and O–H groups in total. The van der Waals surface area contributed by atoms with Crippen LogP contribution in [0, 0.1) is 0 Å². The van der Waals surface area contributed by atoms with Gasteiger partial charge >= 0.3 is 6.03 Å². The molecule has 0 unspecified atom stereocenters. The molecule has 2 aromatic rings. The van der Waals surface area contributed by atoms with Crippen molar-refractivity contribution in [2.24, 2.45) is 0 Å². The number of hydrogen-bond acceptors (Lipinski definition) is 4. The summed E-state index contributed by atoms with van der Waals surface area (Å²) >= 11 is 6.10. The summed E-state index contributed by atoms with van der Waals surface area (Å²) in [5.41, 5.74) is 0.893. The Morgan fingerprint density at radius 2 is 2.00 bits per heavy atom. The summed E-state index contributed by atoms with van der Waals surface area (Å²) in [5, 5.41) is 8.42. The first-order valence-corrected chi connectivity index (χ1v) is 7.52. The van der Waals surface area contributed by atoms with Gasteiger partial charge in [-0.15, -0.1) is 0 Å². The first kappa shape index (κ1) is 17.1. The van der Waals surface area contributed by atoms with Crippen LogP contribution in [0.1, 0.15) is 24.3 Å². The third-order valence-electron chi connectivity index (χ3n) is 3.20. The van der Waals surface area contributed by atoms with Gasteiger partial charge in [-0.05, 0) is 30.7 Å². The monoisotopic (exact) mass is 335 g/mol. The molecular formula is C16H18ClN3O3. The van der Waals surface area contributed by atoms with Crippen LogP contribution in [0.3, 0.4) is 0 Å². The highest BCUT2D eigenvalue weighted by Gasteiger charge is 2.12. The van der Waals surface area contributed by atoms with Gasteiger partial charge in [0.15, 0.2) is 0 Å². The van der Waals surface area contributed by atoms with Gasteiger partial charge in [0.05, 0.1) is 19.4 Å². The number of halogens is 1. The summed E-state index contributed by atoms with van der Waals surface area (Å²) in [4.78, 5) is 23.3. The summed E-state index contributed by atoms with van der Waals surface area (Å²) in [6, 6.07) is 10.2. The summed E-state index contributed by atoms with van der Waals surface area (Å²) in [7, 11) is 0. The van der Waals surface area contributed by atoms with Crippen LogP contribution in [-0.2, 0) is 11.3 Å². The molecule has 0 aliphatic carbocycles. The second-order valence-electron chi connectivity index (χ2n) is 4.93. The summed E-state index contributed by atoms with van der Waals surface area (Å²) in [5.74, 6) is 0.180. The maximum Gasteiger partial charge on any atom is 0.321 e. The Balaban J connectivity index is 1.72. The molecule has 3 amide bonds. The maximum atomic E-state index is 11.7. The van der Waals surface area contributed by atoms with Crippen LogP contribution >= 0.6 is 11.6 Å². The van der Waals surface area contributed by atoms with E-state index in [1.54, 1.807) is 18.2 Å². The maximum absolute atomic E-state index is 11.7. The fraction of sp³-hybridized carbons (Fsp3) is 0.250. The molecule has 122 valence electrons. The number of furan rings is 1. The molecule has 6 nitrogen and oxygen atoms in total. The lowest BCUT2D eigenvalue weighted by Crippen LogP contribution is -2.43. The minimum Gasteiger partial charge on any atom is -0.467 e. The number of carbonyl (C=O) groups is 2. The third kappa shape index (κ3) is 5.43. The van der Waals surface area contributed by atoms with Crippen molar-refractivity contribution in [2.75, 3.05) is 6.54 Å². The topological polar surface area (TPSA) is 83.4 Å². The van der Waals surface area contributed by atoms with Crippen molar-refractivity contribution in [3.05, 3.63) is 59.0 Å². The van der Waals surface area contributed by atoms with Gasteiger partial charge in [-0.1, -0.05) is 29.8 Å². The number of imide groups is 1. The molecule has 0 aliphatic rings. The molecule has 1 aromatic carbocycles. The average Bonchev–Trinajstić information content (AvgIpc) is 3.04. The van der Waals surface area contributed by atoms with Gasteiger partial charge in [0.2, 0.25) is 5.91 Å². The molecule has 1 heterocycles. The highest BCUT2D eigenvalue weighted by atomic mass is 35.5. The molecule has 1 aromatic heterocycles. The molecule has 0 bridgehead atoms. The molecular weight excluding hydrogens is 318 g/mol. The molecule has 0 fully saturated rings. The van der Waals surface area contributed by atoms with Crippen molar-refractivity contribution in [1.29, 1.82) is 0 Å². The smallest absolute Gasteiger partial charge is 0.321 e. The van der Waals surface area contributed by atoms with Crippen molar-refractivity contribution in [3.63, 3.8) is 0 Å². The number of rotatable bonds is 6. The Morgan fingerprint density at radius 3 is 2.70 bits per heavy atom. The zero-order valence-electron chi connectivity index (χ0n) is 12.6. The number of benzene rings is 1. The van der Waals surface area contributed by atoms with Gasteiger partial charge < -0.3 is 15.1 Å². The lowest BCUT2D eigenvalue weighted by molar-refractivity contribution is -0.119. The number of carbonyl (C=O) groups excluding carboxylic acids is 2. The Morgan fingerprint density at radius 1 is 1.22 bits per heavy atom. The minimum atomic E-state index is -0.571. The Hall–Kier alpha value is -2.31. The molecule has 7 heteroatoms. The summed E-state index contributed by atoms with van der Waals surface area (Å²) in [6.45, 7) is 2.11. The standard InChI is InChI=1S/C16H18ClN3O3/c1-11(13-6-2-3-7-14(13)17)18-10-15(21)20-16(22)19-9-12-5-4-8-23-12/h2-8,11,18H,9-10H2,1H3,(H2,19,20,21,22)/t11-/m1/s1. The van der Waals surface area contributed by atoms with E-state index in [1.165, 1.54) is 6.26 Å². The van der Waals surface area contributed by atoms with E-state index in [1.807, 2.05) is 25.1 Å². The lowest BCUT2D eigenvalue weighted by Gasteiger charge is -2.15. The highest BCUT2D eigenvalue weighted by molar-refractivity contribution is 6.31. The van der Waals surface area contributed by atoms with Crippen LogP contribution in [0.25, 0.3) is 0 Å². The first-order valence-electron chi connectivity index (χ1n) is 7.14. The van der Waals surface area contributed by atoms with E-state index in [2.05, 4.69) is 16.0 Å². The van der Waals surface area contributed by atoms with Crippen LogP contribution in [-0.4, -0.2) is 18.5 Å². The quantitative estimate of drug-likeness (QED) is 0.757. The molecule has 23 heavy (non-hydrogen) atoms. The van der Waals surface area contributed by atoms with Crippen molar-refractivity contribution in [3.8, 4) is 0 Å². The Labute approximate surface area is 139 Å². The van der Waals surface area contributed by atoms with E-state index in [4.69, 9.17) is 16.0 Å². The highest BCUT2D eigenvalue weighted by Crippen LogP contribution is 2.21. The number of hydrogen-bond donors (Lipinski definition) is 3. The van der Waals surface area contributed by atoms with Crippen LogP contribution in [0.5, 0.6) is 0 Å². The average molecular weight is 336 g/mol. The van der Waals surface area contributed by atoms with Crippen LogP contribution in [0.4, 0.5) is 4.79 Å². The SMILES string of the molecule is C[C@@H](NCC(=O)NC(=O)NCc1ccco1)c1ccccc1Cl. The Bertz CT molecular complexity index is 658. The van der Waals surface area contributed by atoms with Crippen LogP contribution < -0.4 is 16.0 Å². The summed E-state index contributed by atoms with van der Waals surface area (Å²) < 4.78 is 5.08. The second kappa shape index (κ2) is 8.36. The molecule has 0 saturated heterocycles. The molecule has 2 rings (SSSR count).